The number of fused-ring (bicyclic) bond motifs is 2. The highest BCUT2D eigenvalue weighted by molar-refractivity contribution is 5.94. The van der Waals surface area contributed by atoms with E-state index >= 15 is 0 Å². The van der Waals surface area contributed by atoms with Crippen LogP contribution in [-0.2, 0) is 18.3 Å². The number of H-pyrrole nitrogens is 1. The maximum Gasteiger partial charge on any atom is 0.270 e. The van der Waals surface area contributed by atoms with Crippen LogP contribution in [0.3, 0.4) is 0 Å². The average Bonchev–Trinajstić information content (AvgIpc) is 3.28. The third-order valence-corrected chi connectivity index (χ3v) is 8.87. The van der Waals surface area contributed by atoms with Gasteiger partial charge in [-0.25, -0.2) is 0 Å². The van der Waals surface area contributed by atoms with E-state index < -0.39 is 17.1 Å². The Balaban J connectivity index is 1.60. The molecule has 4 aliphatic rings. The standard InChI is InChI=1S/C25H31N3O4/c1-5-28(6-2)23(30)19-13(3)15-12-25(31)17-11-14-7-8-16(29)21-18(14)24(25,9-10-27(17)4)22(32-21)20(15)26-19/h7-8,17,22,26,29,31H,5-6,9-12H2,1-4H3/t17-,22+,24+,25-/m1/s1. The Morgan fingerprint density at radius 2 is 2.09 bits per heavy atom. The molecule has 0 radical (unpaired) electrons. The number of aromatic nitrogens is 1. The lowest BCUT2D eigenvalue weighted by atomic mass is 9.49. The highest BCUT2D eigenvalue weighted by Gasteiger charge is 2.72. The summed E-state index contributed by atoms with van der Waals surface area (Å²) >= 11 is 0. The summed E-state index contributed by atoms with van der Waals surface area (Å²) in [6, 6.07) is 3.64. The molecule has 3 N–H and O–H groups in total. The molecule has 1 spiro atoms. The van der Waals surface area contributed by atoms with Crippen LogP contribution in [0.1, 0.15) is 64.8 Å². The van der Waals surface area contributed by atoms with E-state index in [9.17, 15) is 15.0 Å². The summed E-state index contributed by atoms with van der Waals surface area (Å²) in [5, 5.41) is 23.2. The van der Waals surface area contributed by atoms with Crippen molar-refractivity contribution >= 4 is 5.91 Å². The normalized spacial score (nSPS) is 31.7. The quantitative estimate of drug-likeness (QED) is 0.686. The molecule has 4 atom stereocenters. The van der Waals surface area contributed by atoms with Crippen molar-refractivity contribution < 1.29 is 19.7 Å². The number of aromatic amines is 1. The van der Waals surface area contributed by atoms with Gasteiger partial charge >= 0.3 is 0 Å². The monoisotopic (exact) mass is 437 g/mol. The number of hydrogen-bond acceptors (Lipinski definition) is 5. The van der Waals surface area contributed by atoms with Gasteiger partial charge in [0.05, 0.1) is 16.7 Å². The van der Waals surface area contributed by atoms with Gasteiger partial charge in [0, 0.05) is 31.1 Å². The Morgan fingerprint density at radius 3 is 2.81 bits per heavy atom. The summed E-state index contributed by atoms with van der Waals surface area (Å²) in [6.45, 7) is 8.07. The number of phenols is 1. The van der Waals surface area contributed by atoms with E-state index in [1.54, 1.807) is 6.07 Å². The topological polar surface area (TPSA) is 89.0 Å². The first-order valence-electron chi connectivity index (χ1n) is 11.7. The molecule has 1 aromatic carbocycles. The van der Waals surface area contributed by atoms with E-state index in [-0.39, 0.29) is 17.7 Å². The van der Waals surface area contributed by atoms with Crippen LogP contribution in [0.5, 0.6) is 11.5 Å². The number of nitrogens with zero attached hydrogens (tertiary/aromatic N) is 2. The molecule has 2 aliphatic carbocycles. The van der Waals surface area contributed by atoms with Crippen molar-refractivity contribution in [1.29, 1.82) is 0 Å². The lowest BCUT2D eigenvalue weighted by Crippen LogP contribution is -2.73. The van der Waals surface area contributed by atoms with Crippen LogP contribution in [0.4, 0.5) is 0 Å². The number of ether oxygens (including phenoxy) is 1. The van der Waals surface area contributed by atoms with Gasteiger partial charge in [0.25, 0.3) is 5.91 Å². The zero-order chi connectivity index (χ0) is 22.6. The summed E-state index contributed by atoms with van der Waals surface area (Å²) in [5.41, 5.74) is 3.81. The van der Waals surface area contributed by atoms with Gasteiger partial charge in [0.2, 0.25) is 0 Å². The number of hydrogen-bond donors (Lipinski definition) is 3. The predicted octanol–water partition coefficient (Wildman–Crippen LogP) is 2.43. The molecule has 1 amide bonds. The molecule has 1 saturated heterocycles. The lowest BCUT2D eigenvalue weighted by Gasteiger charge is -2.62. The van der Waals surface area contributed by atoms with Gasteiger partial charge in [-0.1, -0.05) is 6.07 Å². The molecule has 6 rings (SSSR count). The van der Waals surface area contributed by atoms with Crippen LogP contribution in [0.2, 0.25) is 0 Å². The Labute approximate surface area is 188 Å². The molecule has 7 heteroatoms. The number of carbonyl (C=O) groups excluding carboxylic acids is 1. The zero-order valence-electron chi connectivity index (χ0n) is 19.2. The number of rotatable bonds is 3. The second kappa shape index (κ2) is 6.29. The number of phenolic OH excluding ortho intramolecular Hbond substituents is 1. The van der Waals surface area contributed by atoms with Crippen LogP contribution >= 0.6 is 0 Å². The Morgan fingerprint density at radius 1 is 1.34 bits per heavy atom. The molecule has 170 valence electrons. The molecule has 0 saturated carbocycles. The highest BCUT2D eigenvalue weighted by Crippen LogP contribution is 2.68. The van der Waals surface area contributed by atoms with Crippen LogP contribution < -0.4 is 4.74 Å². The second-order valence-electron chi connectivity index (χ2n) is 9.96. The molecule has 3 heterocycles. The van der Waals surface area contributed by atoms with E-state index in [1.807, 2.05) is 31.7 Å². The smallest absolute Gasteiger partial charge is 0.270 e. The molecule has 0 unspecified atom stereocenters. The van der Waals surface area contributed by atoms with Crippen LogP contribution in [0.25, 0.3) is 0 Å². The molecule has 7 nitrogen and oxygen atoms in total. The summed E-state index contributed by atoms with van der Waals surface area (Å²) in [4.78, 5) is 20.8. The van der Waals surface area contributed by atoms with Gasteiger partial charge in [-0.05, 0) is 70.0 Å². The van der Waals surface area contributed by atoms with E-state index in [0.29, 0.717) is 31.0 Å². The summed E-state index contributed by atoms with van der Waals surface area (Å²) in [6.07, 6.45) is 1.48. The third-order valence-electron chi connectivity index (χ3n) is 8.87. The van der Waals surface area contributed by atoms with E-state index in [2.05, 4.69) is 16.9 Å². The van der Waals surface area contributed by atoms with Crippen molar-refractivity contribution in [2.75, 3.05) is 26.7 Å². The summed E-state index contributed by atoms with van der Waals surface area (Å²) in [5.74, 6) is 0.607. The largest absolute Gasteiger partial charge is 0.504 e. The fraction of sp³-hybridized carbons (Fsp3) is 0.560. The Kier molecular flexibility index (Phi) is 3.96. The van der Waals surface area contributed by atoms with E-state index in [4.69, 9.17) is 4.74 Å². The number of aromatic hydroxyl groups is 1. The third kappa shape index (κ3) is 2.07. The second-order valence-corrected chi connectivity index (χ2v) is 9.96. The molecule has 2 aliphatic heterocycles. The zero-order valence-corrected chi connectivity index (χ0v) is 19.2. The number of nitrogens with one attached hydrogen (secondary N) is 1. The van der Waals surface area contributed by atoms with Crippen LogP contribution in [0, 0.1) is 6.92 Å². The molecule has 1 aromatic heterocycles. The number of benzene rings is 1. The van der Waals surface area contributed by atoms with Crippen LogP contribution in [-0.4, -0.2) is 69.2 Å². The minimum absolute atomic E-state index is 0.0199. The minimum atomic E-state index is -1.04. The number of carbonyl (C=O) groups is 1. The predicted molar refractivity (Wildman–Crippen MR) is 119 cm³/mol. The number of likely N-dealkylation sites (N-methyl/N-ethyl adjacent to an activating group) is 1. The van der Waals surface area contributed by atoms with Gasteiger partial charge in [-0.3, -0.25) is 4.79 Å². The molecule has 1 fully saturated rings. The van der Waals surface area contributed by atoms with Gasteiger partial charge in [-0.2, -0.15) is 0 Å². The Bertz CT molecular complexity index is 1150. The maximum absolute atomic E-state index is 13.3. The first-order valence-corrected chi connectivity index (χ1v) is 11.7. The van der Waals surface area contributed by atoms with Crippen molar-refractivity contribution in [3.8, 4) is 11.5 Å². The number of piperidine rings is 1. The minimum Gasteiger partial charge on any atom is -0.504 e. The van der Waals surface area contributed by atoms with Crippen molar-refractivity contribution in [3.63, 3.8) is 0 Å². The molecular weight excluding hydrogens is 406 g/mol. The van der Waals surface area contributed by atoms with Gasteiger partial charge < -0.3 is 29.7 Å². The van der Waals surface area contributed by atoms with Crippen LogP contribution in [0.15, 0.2) is 12.1 Å². The first-order chi connectivity index (χ1) is 15.3. The SMILES string of the molecule is CCN(CC)C(=O)c1[nH]c2c(c1C)C[C@@]1(O)[C@H]3Cc4ccc(O)c5c4[C@@]1(CCN3C)[C@H]2O5. The average molecular weight is 438 g/mol. The van der Waals surface area contributed by atoms with E-state index in [1.165, 1.54) is 0 Å². The molecule has 2 bridgehead atoms. The van der Waals surface area contributed by atoms with Gasteiger partial charge in [0.15, 0.2) is 17.6 Å². The highest BCUT2D eigenvalue weighted by atomic mass is 16.5. The molecule has 2 aromatic rings. The van der Waals surface area contributed by atoms with Gasteiger partial charge in [-0.15, -0.1) is 0 Å². The fourth-order valence-corrected chi connectivity index (χ4v) is 7.20. The van der Waals surface area contributed by atoms with E-state index in [0.717, 1.165) is 47.3 Å². The summed E-state index contributed by atoms with van der Waals surface area (Å²) < 4.78 is 6.51. The van der Waals surface area contributed by atoms with Crippen molar-refractivity contribution in [2.45, 2.75) is 63.2 Å². The van der Waals surface area contributed by atoms with Crippen molar-refractivity contribution in [1.82, 2.24) is 14.8 Å². The molecule has 32 heavy (non-hydrogen) atoms. The lowest BCUT2D eigenvalue weighted by molar-refractivity contribution is -0.167. The number of likely N-dealkylation sites (tertiary alicyclic amines) is 1. The van der Waals surface area contributed by atoms with Crippen molar-refractivity contribution in [3.05, 3.63) is 45.8 Å². The number of aliphatic hydroxyl groups is 1. The first kappa shape index (κ1) is 20.1. The van der Waals surface area contributed by atoms with Gasteiger partial charge in [0.1, 0.15) is 5.69 Å². The Hall–Kier alpha value is -2.51. The molecular formula is C25H31N3O4. The summed E-state index contributed by atoms with van der Waals surface area (Å²) in [7, 11) is 2.08. The fourth-order valence-electron chi connectivity index (χ4n) is 7.20. The number of amides is 1. The maximum atomic E-state index is 13.3. The van der Waals surface area contributed by atoms with Crippen molar-refractivity contribution in [2.24, 2.45) is 0 Å².